The van der Waals surface area contributed by atoms with Gasteiger partial charge >= 0.3 is 0 Å². The summed E-state index contributed by atoms with van der Waals surface area (Å²) < 4.78 is 35.1. The third kappa shape index (κ3) is 10.0. The molecule has 0 amide bonds. The Morgan fingerprint density at radius 3 is 2.10 bits per heavy atom. The number of nitrogens with one attached hydrogen (secondary N) is 2. The van der Waals surface area contributed by atoms with Crippen LogP contribution in [0.25, 0.3) is 84.1 Å². The Labute approximate surface area is 441 Å². The third-order valence-electron chi connectivity index (χ3n) is 12.5. The van der Waals surface area contributed by atoms with Gasteiger partial charge in [0.15, 0.2) is 5.65 Å². The number of hydrogen-bond acceptors (Lipinski definition) is 9. The van der Waals surface area contributed by atoms with Gasteiger partial charge in [0.2, 0.25) is 0 Å². The van der Waals surface area contributed by atoms with Crippen LogP contribution in [-0.4, -0.2) is 62.3 Å². The molecular weight excluding hydrogens is 1130 g/mol. The minimum Gasteiger partial charge on any atom is -0.340 e. The quantitative estimate of drug-likeness (QED) is 0.0760. The molecule has 0 aliphatic rings. The fourth-order valence-corrected chi connectivity index (χ4v) is 10.4. The van der Waals surface area contributed by atoms with Gasteiger partial charge in [-0.25, -0.2) is 34.5 Å². The molecule has 0 unspecified atom stereocenters. The summed E-state index contributed by atoms with van der Waals surface area (Å²) in [6.07, 6.45) is 5.48. The van der Waals surface area contributed by atoms with E-state index in [1.165, 1.54) is 34.9 Å². The number of pyridine rings is 4. The molecule has 11 aromatic rings. The molecule has 16 heteroatoms. The molecule has 72 heavy (non-hydrogen) atoms. The number of hydrogen-bond donors (Lipinski definition) is 2. The Hall–Kier alpha value is -7.13. The van der Waals surface area contributed by atoms with Crippen molar-refractivity contribution in [1.29, 1.82) is 0 Å². The van der Waals surface area contributed by atoms with Gasteiger partial charge in [-0.2, -0.15) is 5.10 Å². The van der Waals surface area contributed by atoms with Crippen LogP contribution in [-0.2, 0) is 26.1 Å². The fraction of sp³-hybridized carbons (Fsp3) is 0.125. The number of H-pyrrole nitrogens is 2. The molecule has 0 aliphatic heterocycles. The van der Waals surface area contributed by atoms with Crippen molar-refractivity contribution in [2.24, 2.45) is 0 Å². The fourth-order valence-electron chi connectivity index (χ4n) is 9.12. The maximum absolute atomic E-state index is 14.5. The van der Waals surface area contributed by atoms with E-state index < -0.39 is 11.6 Å². The minimum atomic E-state index is -0.555. The van der Waals surface area contributed by atoms with Crippen molar-refractivity contribution < 1.29 is 8.78 Å². The van der Waals surface area contributed by atoms with E-state index >= 15 is 0 Å². The first-order valence-electron chi connectivity index (χ1n) is 23.3. The first-order valence-corrected chi connectivity index (χ1v) is 25.2. The summed E-state index contributed by atoms with van der Waals surface area (Å²) >= 11 is 4.58. The molecule has 7 aromatic heterocycles. The molecular formula is C56H44F2I2N12. The van der Waals surface area contributed by atoms with Crippen LogP contribution in [0.1, 0.15) is 34.2 Å². The SMILES string of the molecule is Cc1cccc(-c2nc(CN(I)CCc3c(F)cccc3F)[nH]c2-c2cc(-c3cc(C)nc(-c4nc(CN(I)Cc5ccccc5-c5ccccc5)[nH]c4-c4ccc5ncccc5c4)c3)c3ncnn3c2)n1. The molecule has 2 N–H and O–H groups in total. The van der Waals surface area contributed by atoms with Crippen molar-refractivity contribution in [1.82, 2.24) is 55.7 Å². The van der Waals surface area contributed by atoms with Crippen LogP contribution in [0.15, 0.2) is 158 Å². The topological polar surface area (TPSA) is 133 Å². The highest BCUT2D eigenvalue weighted by atomic mass is 127. The van der Waals surface area contributed by atoms with E-state index in [1.54, 1.807) is 17.0 Å². The van der Waals surface area contributed by atoms with E-state index in [9.17, 15) is 8.78 Å². The number of aromatic amines is 2. The van der Waals surface area contributed by atoms with Crippen LogP contribution in [0.5, 0.6) is 0 Å². The molecule has 0 bridgehead atoms. The van der Waals surface area contributed by atoms with Crippen molar-refractivity contribution in [3.05, 3.63) is 204 Å². The summed E-state index contributed by atoms with van der Waals surface area (Å²) in [7, 11) is 0. The Morgan fingerprint density at radius 1 is 0.569 bits per heavy atom. The normalized spacial score (nSPS) is 11.7. The zero-order chi connectivity index (χ0) is 49.3. The summed E-state index contributed by atoms with van der Waals surface area (Å²) in [5, 5.41) is 5.65. The Morgan fingerprint density at radius 2 is 1.29 bits per heavy atom. The van der Waals surface area contributed by atoms with Gasteiger partial charge in [-0.05, 0) is 103 Å². The molecule has 11 rings (SSSR count). The van der Waals surface area contributed by atoms with Crippen molar-refractivity contribution in [3.63, 3.8) is 0 Å². The largest absolute Gasteiger partial charge is 0.340 e. The predicted octanol–water partition coefficient (Wildman–Crippen LogP) is 13.2. The van der Waals surface area contributed by atoms with Crippen LogP contribution in [0, 0.1) is 25.5 Å². The van der Waals surface area contributed by atoms with E-state index in [2.05, 4.69) is 154 Å². The second-order valence-electron chi connectivity index (χ2n) is 17.5. The van der Waals surface area contributed by atoms with Gasteiger partial charge < -0.3 is 9.97 Å². The predicted molar refractivity (Wildman–Crippen MR) is 294 cm³/mol. The highest BCUT2D eigenvalue weighted by Crippen LogP contribution is 2.38. The van der Waals surface area contributed by atoms with E-state index in [0.29, 0.717) is 60.4 Å². The first-order chi connectivity index (χ1) is 35.1. The molecule has 0 radical (unpaired) electrons. The lowest BCUT2D eigenvalue weighted by atomic mass is 10.00. The number of aromatic nitrogens is 10. The molecule has 356 valence electrons. The van der Waals surface area contributed by atoms with Crippen LogP contribution < -0.4 is 0 Å². The number of imidazole rings is 2. The number of benzene rings is 4. The number of rotatable bonds is 15. The van der Waals surface area contributed by atoms with E-state index in [-0.39, 0.29) is 12.0 Å². The smallest absolute Gasteiger partial charge is 0.163 e. The van der Waals surface area contributed by atoms with Crippen LogP contribution in [0.4, 0.5) is 8.78 Å². The molecule has 0 aliphatic carbocycles. The third-order valence-corrected chi connectivity index (χ3v) is 14.0. The summed E-state index contributed by atoms with van der Waals surface area (Å²) in [5.41, 5.74) is 14.6. The molecule has 4 aromatic carbocycles. The lowest BCUT2D eigenvalue weighted by molar-refractivity contribution is 0.477. The second kappa shape index (κ2) is 20.5. The molecule has 12 nitrogen and oxygen atoms in total. The number of aryl methyl sites for hydroxylation is 2. The Kier molecular flexibility index (Phi) is 13.5. The summed E-state index contributed by atoms with van der Waals surface area (Å²) in [6, 6.07) is 45.3. The highest BCUT2D eigenvalue weighted by Gasteiger charge is 2.23. The van der Waals surface area contributed by atoms with Crippen molar-refractivity contribution in [2.45, 2.75) is 39.9 Å². The number of halogens is 4. The molecule has 0 spiro atoms. The summed E-state index contributed by atoms with van der Waals surface area (Å²) in [4.78, 5) is 37.1. The van der Waals surface area contributed by atoms with Crippen molar-refractivity contribution in [3.8, 4) is 67.5 Å². The first kappa shape index (κ1) is 47.2. The minimum absolute atomic E-state index is 0.0613. The molecule has 0 fully saturated rings. The molecule has 0 saturated carbocycles. The lowest BCUT2D eigenvalue weighted by Crippen LogP contribution is -2.16. The van der Waals surface area contributed by atoms with Gasteiger partial charge in [0, 0.05) is 110 Å². The number of fused-ring (bicyclic) bond motifs is 2. The van der Waals surface area contributed by atoms with Crippen molar-refractivity contribution in [2.75, 3.05) is 6.54 Å². The van der Waals surface area contributed by atoms with Crippen LogP contribution in [0.3, 0.4) is 0 Å². The van der Waals surface area contributed by atoms with Crippen LogP contribution >= 0.6 is 45.7 Å². The standard InChI is InChI=1S/C56H44F2I2N12/c1-34-11-8-19-48(64-34)54-53(67-50(68-54)31-70(59)24-22-43-45(57)17-9-18-46(43)58)41-27-44(56-62-33-63-72(56)30-41)40-25-35(2)65-49(28-40)55-52(38-20-21-47-37(26-38)15-10-23-61-47)66-51(69-55)32-71(60)29-39-14-6-7-16-42(39)36-12-4-3-5-13-36/h3-21,23,25-28,30,33H,22,24,29,31-32H2,1-2H3,(H,66,69)(H,67,68). The van der Waals surface area contributed by atoms with E-state index in [4.69, 9.17) is 24.9 Å². The molecule has 0 atom stereocenters. The van der Waals surface area contributed by atoms with Gasteiger partial charge in [0.25, 0.3) is 0 Å². The highest BCUT2D eigenvalue weighted by molar-refractivity contribution is 14.1. The zero-order valence-electron chi connectivity index (χ0n) is 39.0. The van der Waals surface area contributed by atoms with Gasteiger partial charge in [-0.15, -0.1) is 0 Å². The lowest BCUT2D eigenvalue weighted by Gasteiger charge is -2.16. The summed E-state index contributed by atoms with van der Waals surface area (Å²) in [5.74, 6) is 0.342. The average Bonchev–Trinajstić information content (AvgIpc) is 4.15. The molecule has 7 heterocycles. The maximum Gasteiger partial charge on any atom is 0.163 e. The molecule has 0 saturated heterocycles. The second-order valence-corrected chi connectivity index (χ2v) is 20.3. The zero-order valence-corrected chi connectivity index (χ0v) is 43.3. The van der Waals surface area contributed by atoms with E-state index in [0.717, 1.165) is 61.8 Å². The average molecular weight is 1180 g/mol. The Bertz CT molecular complexity index is 3740. The van der Waals surface area contributed by atoms with Crippen LogP contribution in [0.2, 0.25) is 0 Å². The van der Waals surface area contributed by atoms with Gasteiger partial charge in [0.05, 0.1) is 41.4 Å². The Balaban J connectivity index is 0.970. The van der Waals surface area contributed by atoms with Gasteiger partial charge in [-0.1, -0.05) is 78.9 Å². The summed E-state index contributed by atoms with van der Waals surface area (Å²) in [6.45, 7) is 5.94. The number of nitrogens with zero attached hydrogens (tertiary/aromatic N) is 10. The maximum atomic E-state index is 14.5. The van der Waals surface area contributed by atoms with Gasteiger partial charge in [-0.3, -0.25) is 15.0 Å². The van der Waals surface area contributed by atoms with Gasteiger partial charge in [0.1, 0.15) is 41.0 Å². The van der Waals surface area contributed by atoms with E-state index in [1.807, 2.05) is 59.6 Å². The monoisotopic (exact) mass is 1180 g/mol. The van der Waals surface area contributed by atoms with Crippen molar-refractivity contribution >= 4 is 62.3 Å².